The van der Waals surface area contributed by atoms with Crippen LogP contribution in [-0.4, -0.2) is 55.7 Å². The molecule has 0 saturated heterocycles. The van der Waals surface area contributed by atoms with E-state index in [0.717, 1.165) is 11.1 Å². The van der Waals surface area contributed by atoms with Gasteiger partial charge in [0.15, 0.2) is 0 Å². The van der Waals surface area contributed by atoms with Gasteiger partial charge in [-0.05, 0) is 91.5 Å². The Kier molecular flexibility index (Phi) is 11.2. The topological polar surface area (TPSA) is 112 Å². The Balaban J connectivity index is 2.40. The zero-order chi connectivity index (χ0) is 25.9. The van der Waals surface area contributed by atoms with E-state index in [1.807, 2.05) is 34.6 Å². The summed E-state index contributed by atoms with van der Waals surface area (Å²) in [6, 6.07) is 3.45. The number of carbonyl (C=O) groups is 3. The Morgan fingerprint density at radius 1 is 0.765 bits per heavy atom. The Hall–Kier alpha value is -2.97. The van der Waals surface area contributed by atoms with Crippen molar-refractivity contribution in [1.82, 2.24) is 10.6 Å². The number of alkyl carbamates (subject to hydrolysis) is 2. The molecule has 192 valence electrons. The lowest BCUT2D eigenvalue weighted by atomic mass is 10.1. The fourth-order valence-electron chi connectivity index (χ4n) is 2.87. The first-order valence-corrected chi connectivity index (χ1v) is 11.5. The second kappa shape index (κ2) is 13.1. The van der Waals surface area contributed by atoms with E-state index >= 15 is 0 Å². The molecule has 0 saturated carbocycles. The highest BCUT2D eigenvalue weighted by Crippen LogP contribution is 2.25. The van der Waals surface area contributed by atoms with Crippen molar-refractivity contribution in [2.24, 2.45) is 0 Å². The molecule has 0 radical (unpaired) electrons. The van der Waals surface area contributed by atoms with Crippen molar-refractivity contribution >= 4 is 18.2 Å². The largest absolute Gasteiger partial charge is 0.493 e. The molecule has 1 aromatic rings. The van der Waals surface area contributed by atoms with Gasteiger partial charge in [0.1, 0.15) is 17.0 Å². The fraction of sp³-hybridized carbons (Fsp3) is 0.640. The van der Waals surface area contributed by atoms with Gasteiger partial charge in [-0.15, -0.1) is 0 Å². The highest BCUT2D eigenvalue weighted by molar-refractivity contribution is 5.90. The summed E-state index contributed by atoms with van der Waals surface area (Å²) in [7, 11) is 0. The van der Waals surface area contributed by atoms with E-state index in [2.05, 4.69) is 10.6 Å². The first kappa shape index (κ1) is 29.1. The van der Waals surface area contributed by atoms with Gasteiger partial charge < -0.3 is 29.6 Å². The summed E-state index contributed by atoms with van der Waals surface area (Å²) in [6.45, 7) is 15.9. The molecule has 34 heavy (non-hydrogen) atoms. The number of hydrogen-bond acceptors (Lipinski definition) is 7. The van der Waals surface area contributed by atoms with E-state index in [0.29, 0.717) is 43.9 Å². The highest BCUT2D eigenvalue weighted by atomic mass is 16.6. The van der Waals surface area contributed by atoms with Crippen molar-refractivity contribution in [3.63, 3.8) is 0 Å². The van der Waals surface area contributed by atoms with Gasteiger partial charge in [0.25, 0.3) is 0 Å². The number of esters is 1. The van der Waals surface area contributed by atoms with Crippen LogP contribution in [0.3, 0.4) is 0 Å². The lowest BCUT2D eigenvalue weighted by Crippen LogP contribution is -2.33. The maximum absolute atomic E-state index is 12.4. The van der Waals surface area contributed by atoms with Crippen LogP contribution >= 0.6 is 0 Å². The summed E-state index contributed by atoms with van der Waals surface area (Å²) < 4.78 is 21.5. The molecule has 0 bridgehead atoms. The zero-order valence-corrected chi connectivity index (χ0v) is 21.8. The van der Waals surface area contributed by atoms with E-state index in [9.17, 15) is 14.4 Å². The number of amides is 2. The van der Waals surface area contributed by atoms with Gasteiger partial charge >= 0.3 is 18.2 Å². The van der Waals surface area contributed by atoms with Gasteiger partial charge in [-0.2, -0.15) is 0 Å². The van der Waals surface area contributed by atoms with Crippen molar-refractivity contribution in [2.75, 3.05) is 26.3 Å². The molecular formula is C25H40N2O7. The van der Waals surface area contributed by atoms with Crippen molar-refractivity contribution in [3.8, 4) is 5.75 Å². The summed E-state index contributed by atoms with van der Waals surface area (Å²) in [4.78, 5) is 35.6. The van der Waals surface area contributed by atoms with E-state index in [1.54, 1.807) is 32.9 Å². The average molecular weight is 481 g/mol. The third-order valence-electron chi connectivity index (χ3n) is 4.15. The molecule has 2 N–H and O–H groups in total. The van der Waals surface area contributed by atoms with Crippen LogP contribution in [-0.2, 0) is 14.2 Å². The summed E-state index contributed by atoms with van der Waals surface area (Å²) >= 11 is 0. The van der Waals surface area contributed by atoms with Crippen LogP contribution < -0.4 is 15.4 Å². The first-order chi connectivity index (χ1) is 15.7. The molecule has 0 atom stereocenters. The molecule has 0 aliphatic carbocycles. The highest BCUT2D eigenvalue weighted by Gasteiger charge is 2.17. The maximum atomic E-state index is 12.4. The minimum Gasteiger partial charge on any atom is -0.493 e. The summed E-state index contributed by atoms with van der Waals surface area (Å²) in [6.07, 6.45) is 0.130. The average Bonchev–Trinajstić information content (AvgIpc) is 2.66. The standard InChI is InChI=1S/C25H40N2O7/c1-17-15-19(21(28)32-14-10-12-27-23(30)34-25(6,7)8)16-18(2)20(17)31-13-9-11-26-22(29)33-24(3,4)5/h15-16H,9-14H2,1-8H3,(H,26,29)(H,27,30). The lowest BCUT2D eigenvalue weighted by Gasteiger charge is -2.19. The quantitative estimate of drug-likeness (QED) is 0.284. The number of aryl methyl sites for hydroxylation is 2. The van der Waals surface area contributed by atoms with Crippen LogP contribution in [0.4, 0.5) is 9.59 Å². The third-order valence-corrected chi connectivity index (χ3v) is 4.15. The predicted molar refractivity (Wildman–Crippen MR) is 129 cm³/mol. The normalized spacial score (nSPS) is 11.4. The summed E-state index contributed by atoms with van der Waals surface area (Å²) in [5.74, 6) is 0.270. The van der Waals surface area contributed by atoms with Crippen molar-refractivity contribution in [2.45, 2.75) is 79.4 Å². The Labute approximate surface area is 202 Å². The smallest absolute Gasteiger partial charge is 0.407 e. The Bertz CT molecular complexity index is 816. The zero-order valence-electron chi connectivity index (χ0n) is 21.8. The van der Waals surface area contributed by atoms with Gasteiger partial charge in [0.05, 0.1) is 18.8 Å². The van der Waals surface area contributed by atoms with Crippen molar-refractivity contribution in [3.05, 3.63) is 28.8 Å². The number of carbonyl (C=O) groups excluding carboxylic acids is 3. The lowest BCUT2D eigenvalue weighted by molar-refractivity contribution is 0.0478. The minimum atomic E-state index is -0.556. The monoisotopic (exact) mass is 480 g/mol. The van der Waals surface area contributed by atoms with Crippen LogP contribution in [0.25, 0.3) is 0 Å². The molecule has 0 aliphatic heterocycles. The van der Waals surface area contributed by atoms with Gasteiger partial charge in [0.2, 0.25) is 0 Å². The molecule has 0 heterocycles. The van der Waals surface area contributed by atoms with E-state index < -0.39 is 29.4 Å². The molecule has 0 aromatic heterocycles. The third kappa shape index (κ3) is 12.3. The van der Waals surface area contributed by atoms with E-state index in [4.69, 9.17) is 18.9 Å². The van der Waals surface area contributed by atoms with Gasteiger partial charge in [-0.3, -0.25) is 0 Å². The molecule has 0 aliphatic rings. The second-order valence-electron chi connectivity index (χ2n) is 9.99. The number of hydrogen-bond donors (Lipinski definition) is 2. The molecule has 0 spiro atoms. The number of rotatable bonds is 10. The van der Waals surface area contributed by atoms with Crippen LogP contribution in [0.1, 0.15) is 75.9 Å². The van der Waals surface area contributed by atoms with Gasteiger partial charge in [0, 0.05) is 13.1 Å². The second-order valence-corrected chi connectivity index (χ2v) is 9.99. The molecule has 1 rings (SSSR count). The van der Waals surface area contributed by atoms with Gasteiger partial charge in [-0.25, -0.2) is 14.4 Å². The van der Waals surface area contributed by atoms with Crippen LogP contribution in [0.2, 0.25) is 0 Å². The maximum Gasteiger partial charge on any atom is 0.407 e. The van der Waals surface area contributed by atoms with Crippen LogP contribution in [0.5, 0.6) is 5.75 Å². The minimum absolute atomic E-state index is 0.176. The fourth-order valence-corrected chi connectivity index (χ4v) is 2.87. The van der Waals surface area contributed by atoms with Crippen molar-refractivity contribution in [1.29, 1.82) is 0 Å². The summed E-state index contributed by atoms with van der Waals surface area (Å²) in [5.41, 5.74) is 0.986. The van der Waals surface area contributed by atoms with Crippen molar-refractivity contribution < 1.29 is 33.3 Å². The molecular weight excluding hydrogens is 440 g/mol. The molecule has 0 fully saturated rings. The molecule has 1 aromatic carbocycles. The molecule has 2 amide bonds. The number of benzene rings is 1. The Morgan fingerprint density at radius 2 is 1.21 bits per heavy atom. The van der Waals surface area contributed by atoms with Crippen LogP contribution in [0, 0.1) is 13.8 Å². The number of ether oxygens (including phenoxy) is 4. The predicted octanol–water partition coefficient (Wildman–Crippen LogP) is 4.67. The van der Waals surface area contributed by atoms with E-state index in [1.165, 1.54) is 0 Å². The van der Waals surface area contributed by atoms with Crippen LogP contribution in [0.15, 0.2) is 12.1 Å². The number of nitrogens with one attached hydrogen (secondary N) is 2. The summed E-state index contributed by atoms with van der Waals surface area (Å²) in [5, 5.41) is 5.31. The first-order valence-electron chi connectivity index (χ1n) is 11.5. The molecule has 9 heteroatoms. The van der Waals surface area contributed by atoms with Gasteiger partial charge in [-0.1, -0.05) is 0 Å². The molecule has 0 unspecified atom stereocenters. The van der Waals surface area contributed by atoms with E-state index in [-0.39, 0.29) is 6.61 Å². The SMILES string of the molecule is Cc1cc(C(=O)OCCCNC(=O)OC(C)(C)C)cc(C)c1OCCCNC(=O)OC(C)(C)C. The Morgan fingerprint density at radius 3 is 1.65 bits per heavy atom. The molecule has 9 nitrogen and oxygen atoms in total.